The van der Waals surface area contributed by atoms with Crippen LogP contribution < -0.4 is 80.9 Å². The molecule has 0 aromatic heterocycles. The standard InChI is InChI=1S/4CN.Ca.K.Na/c4*1-2;;;/q4*-1;+2;2*+1. The smallest absolute Gasteiger partial charge is 0.512 e. The zero-order valence-electron chi connectivity index (χ0n) is 6.50. The Morgan fingerprint density at radius 3 is 0.545 bits per heavy atom. The third-order valence-corrected chi connectivity index (χ3v) is 0. The van der Waals surface area contributed by atoms with E-state index in [1.165, 1.54) is 0 Å². The van der Waals surface area contributed by atoms with Gasteiger partial charge in [-0.1, -0.05) is 0 Å². The summed E-state index contributed by atoms with van der Waals surface area (Å²) in [7, 11) is 0. The van der Waals surface area contributed by atoms with E-state index in [-0.39, 0.29) is 119 Å². The van der Waals surface area contributed by atoms with Crippen molar-refractivity contribution in [2.24, 2.45) is 0 Å². The van der Waals surface area contributed by atoms with Gasteiger partial charge in [0, 0.05) is 0 Å². The average molecular weight is 206 g/mol. The van der Waals surface area contributed by atoms with Crippen LogP contribution in [0.2, 0.25) is 0 Å². The van der Waals surface area contributed by atoms with E-state index in [1.807, 2.05) is 0 Å². The summed E-state index contributed by atoms with van der Waals surface area (Å²) >= 11 is 0. The van der Waals surface area contributed by atoms with Crippen molar-refractivity contribution in [3.8, 4) is 0 Å². The van der Waals surface area contributed by atoms with Gasteiger partial charge in [-0.15, -0.1) is 0 Å². The zero-order chi connectivity index (χ0) is 8.00. The molecule has 0 aliphatic carbocycles. The van der Waals surface area contributed by atoms with Crippen LogP contribution in [0, 0.1) is 47.3 Å². The molecule has 0 N–H and O–H groups in total. The third-order valence-electron chi connectivity index (χ3n) is 0. The molecule has 0 saturated heterocycles. The Balaban J connectivity index is -0.00000000356. The molecule has 40 valence electrons. The Kier molecular flexibility index (Phi) is 1940. The SMILES string of the molecule is [C-]#N.[C-]#N.[C-]#N.[C-]#N.[Ca+2].[K+].[Na+]. The van der Waals surface area contributed by atoms with Gasteiger partial charge in [0.05, 0.1) is 0 Å². The quantitative estimate of drug-likeness (QED) is 0.291. The minimum atomic E-state index is 0. The minimum Gasteiger partial charge on any atom is -0.512 e. The molecule has 0 aromatic rings. The first kappa shape index (κ1) is 52.7. The Bertz CT molecular complexity index is 65.1. The van der Waals surface area contributed by atoms with E-state index < -0.39 is 0 Å². The summed E-state index contributed by atoms with van der Waals surface area (Å²) in [6, 6.07) is 0. The van der Waals surface area contributed by atoms with E-state index in [4.69, 9.17) is 47.3 Å². The van der Waals surface area contributed by atoms with Gasteiger partial charge in [-0.05, 0) is 0 Å². The molecule has 0 fully saturated rings. The van der Waals surface area contributed by atoms with Crippen molar-refractivity contribution >= 4 is 37.7 Å². The van der Waals surface area contributed by atoms with Crippen LogP contribution in [-0.4, -0.2) is 37.7 Å². The Morgan fingerprint density at radius 2 is 0.545 bits per heavy atom. The van der Waals surface area contributed by atoms with Crippen LogP contribution in [0.25, 0.3) is 0 Å². The topological polar surface area (TPSA) is 95.2 Å². The molecule has 0 amide bonds. The molecule has 0 unspecified atom stereocenters. The fraction of sp³-hybridized carbons (Fsp3) is 0. The van der Waals surface area contributed by atoms with Gasteiger partial charge in [0.15, 0.2) is 0 Å². The van der Waals surface area contributed by atoms with Crippen molar-refractivity contribution in [3.63, 3.8) is 0 Å². The number of hydrogen-bond acceptors (Lipinski definition) is 4. The third kappa shape index (κ3) is 334. The predicted octanol–water partition coefficient (Wildman–Crippen LogP) is -5.99. The molecule has 0 radical (unpaired) electrons. The second kappa shape index (κ2) is 406. The summed E-state index contributed by atoms with van der Waals surface area (Å²) < 4.78 is 0. The van der Waals surface area contributed by atoms with Crippen LogP contribution in [0.4, 0.5) is 0 Å². The van der Waals surface area contributed by atoms with Gasteiger partial charge in [-0.3, -0.25) is 0 Å². The molecule has 0 saturated carbocycles. The van der Waals surface area contributed by atoms with Gasteiger partial charge >= 0.3 is 119 Å². The van der Waals surface area contributed by atoms with Gasteiger partial charge in [0.1, 0.15) is 0 Å². The molecule has 7 heteroatoms. The summed E-state index contributed by atoms with van der Waals surface area (Å²) in [5, 5.41) is 25.0. The van der Waals surface area contributed by atoms with E-state index in [9.17, 15) is 0 Å². The molecular formula is C4CaKN4Na. The molecule has 0 atom stereocenters. The van der Waals surface area contributed by atoms with Crippen LogP contribution in [0.15, 0.2) is 0 Å². The van der Waals surface area contributed by atoms with Crippen molar-refractivity contribution in [1.82, 2.24) is 0 Å². The normalized spacial score (nSPS) is 0.727. The minimum absolute atomic E-state index is 0. The average Bonchev–Trinajstić information content (AvgIpc) is 2.03. The van der Waals surface area contributed by atoms with Crippen LogP contribution in [0.1, 0.15) is 0 Å². The molecule has 0 heterocycles. The predicted molar refractivity (Wildman–Crippen MR) is 25.6 cm³/mol. The Hall–Kier alpha value is 1.86. The molecule has 0 rings (SSSR count). The maximum atomic E-state index is 6.25. The van der Waals surface area contributed by atoms with Crippen molar-refractivity contribution in [3.05, 3.63) is 26.3 Å². The van der Waals surface area contributed by atoms with Gasteiger partial charge in [-0.2, -0.15) is 0 Å². The Labute approximate surface area is 162 Å². The van der Waals surface area contributed by atoms with E-state index in [2.05, 4.69) is 0 Å². The summed E-state index contributed by atoms with van der Waals surface area (Å²) in [6.45, 7) is 19.0. The molecular weight excluding hydrogens is 206 g/mol. The number of hydrogen-bond donors (Lipinski definition) is 0. The molecule has 0 aromatic carbocycles. The van der Waals surface area contributed by atoms with E-state index in [0.29, 0.717) is 0 Å². The van der Waals surface area contributed by atoms with E-state index in [1.54, 1.807) is 0 Å². The fourth-order valence-electron chi connectivity index (χ4n) is 0. The van der Waals surface area contributed by atoms with Crippen LogP contribution in [0.3, 0.4) is 0 Å². The molecule has 0 spiro atoms. The first-order chi connectivity index (χ1) is 4.00. The molecule has 0 bridgehead atoms. The Morgan fingerprint density at radius 1 is 0.545 bits per heavy atom. The molecule has 4 nitrogen and oxygen atoms in total. The summed E-state index contributed by atoms with van der Waals surface area (Å²) in [5.74, 6) is 0. The monoisotopic (exact) mass is 206 g/mol. The van der Waals surface area contributed by atoms with Gasteiger partial charge in [0.25, 0.3) is 0 Å². The van der Waals surface area contributed by atoms with Crippen molar-refractivity contribution < 1.29 is 80.9 Å². The second-order valence-corrected chi connectivity index (χ2v) is 0. The van der Waals surface area contributed by atoms with Crippen LogP contribution in [-0.2, 0) is 0 Å². The van der Waals surface area contributed by atoms with Crippen LogP contribution >= 0.6 is 0 Å². The first-order valence-corrected chi connectivity index (χ1v) is 0.894. The second-order valence-electron chi connectivity index (χ2n) is 0. The largest absolute Gasteiger partial charge is 2.00 e. The van der Waals surface area contributed by atoms with Crippen molar-refractivity contribution in [2.45, 2.75) is 0 Å². The maximum absolute atomic E-state index is 6.25. The van der Waals surface area contributed by atoms with Crippen molar-refractivity contribution in [2.75, 3.05) is 0 Å². The zero-order valence-corrected chi connectivity index (χ0v) is 13.8. The number of nitrogens with zero attached hydrogens (tertiary/aromatic N) is 4. The van der Waals surface area contributed by atoms with Gasteiger partial charge in [-0.25, -0.2) is 0 Å². The fourth-order valence-corrected chi connectivity index (χ4v) is 0. The molecule has 0 aliphatic heterocycles. The maximum Gasteiger partial charge on any atom is 2.00 e. The summed E-state index contributed by atoms with van der Waals surface area (Å²) in [5.41, 5.74) is 0. The van der Waals surface area contributed by atoms with Crippen LogP contribution in [0.5, 0.6) is 0 Å². The van der Waals surface area contributed by atoms with Gasteiger partial charge < -0.3 is 47.3 Å². The van der Waals surface area contributed by atoms with E-state index >= 15 is 0 Å². The molecule has 0 aliphatic rings. The van der Waals surface area contributed by atoms with E-state index in [0.717, 1.165) is 0 Å². The number of rotatable bonds is 0. The first-order valence-electron chi connectivity index (χ1n) is 0.894. The summed E-state index contributed by atoms with van der Waals surface area (Å²) in [4.78, 5) is 0. The summed E-state index contributed by atoms with van der Waals surface area (Å²) in [6.07, 6.45) is 0. The van der Waals surface area contributed by atoms with Crippen molar-refractivity contribution in [1.29, 1.82) is 21.0 Å². The molecule has 11 heavy (non-hydrogen) atoms. The van der Waals surface area contributed by atoms with Gasteiger partial charge in [0.2, 0.25) is 0 Å².